The molecule has 0 aromatic rings. The molecule has 0 bridgehead atoms. The Hall–Kier alpha value is -0.630. The van der Waals surface area contributed by atoms with Gasteiger partial charge in [-0.05, 0) is 38.1 Å². The molecule has 2 aliphatic carbocycles. The first kappa shape index (κ1) is 13.4. The summed E-state index contributed by atoms with van der Waals surface area (Å²) in [7, 11) is 0. The molecule has 0 spiro atoms. The highest BCUT2D eigenvalue weighted by Gasteiger charge is 2.46. The first-order valence-electron chi connectivity index (χ1n) is 7.90. The normalized spacial score (nSPS) is 28.8. The Balaban J connectivity index is 1.55. The summed E-state index contributed by atoms with van der Waals surface area (Å²) in [6, 6.07) is 3.49. The van der Waals surface area contributed by atoms with Crippen molar-refractivity contribution in [2.24, 2.45) is 5.92 Å². The van der Waals surface area contributed by atoms with Crippen LogP contribution < -0.4 is 5.32 Å². The number of nitrogens with one attached hydrogen (secondary N) is 1. The van der Waals surface area contributed by atoms with Crippen LogP contribution in [0, 0.1) is 17.2 Å². The van der Waals surface area contributed by atoms with Crippen molar-refractivity contribution in [2.45, 2.75) is 44.2 Å². The largest absolute Gasteiger partial charge is 0.298 e. The fraction of sp³-hybridized carbons (Fsp3) is 0.933. The van der Waals surface area contributed by atoms with Gasteiger partial charge < -0.3 is 0 Å². The van der Waals surface area contributed by atoms with Crippen molar-refractivity contribution < 1.29 is 0 Å². The van der Waals surface area contributed by atoms with Crippen LogP contribution in [0.25, 0.3) is 0 Å². The fourth-order valence-corrected chi connectivity index (χ4v) is 3.47. The van der Waals surface area contributed by atoms with E-state index in [0.717, 1.165) is 32.2 Å². The van der Waals surface area contributed by atoms with Gasteiger partial charge in [-0.1, -0.05) is 6.92 Å². The minimum atomic E-state index is -0.281. The zero-order chi connectivity index (χ0) is 13.3. The number of nitrogens with zero attached hydrogens (tertiary/aromatic N) is 3. The smallest absolute Gasteiger partial charge is 0.122 e. The fourth-order valence-electron chi connectivity index (χ4n) is 3.47. The van der Waals surface area contributed by atoms with Gasteiger partial charge in [0.05, 0.1) is 6.07 Å². The van der Waals surface area contributed by atoms with E-state index in [4.69, 9.17) is 0 Å². The lowest BCUT2D eigenvalue weighted by Crippen LogP contribution is -2.58. The number of rotatable bonds is 6. The Morgan fingerprint density at radius 1 is 1.16 bits per heavy atom. The maximum atomic E-state index is 9.65. The molecule has 3 fully saturated rings. The maximum absolute atomic E-state index is 9.65. The first-order valence-corrected chi connectivity index (χ1v) is 7.90. The van der Waals surface area contributed by atoms with Crippen LogP contribution in [0.2, 0.25) is 0 Å². The second-order valence-corrected chi connectivity index (χ2v) is 6.43. The third kappa shape index (κ3) is 2.94. The summed E-state index contributed by atoms with van der Waals surface area (Å²) < 4.78 is 0. The molecule has 4 nitrogen and oxygen atoms in total. The van der Waals surface area contributed by atoms with Crippen LogP contribution in [0.5, 0.6) is 0 Å². The first-order chi connectivity index (χ1) is 9.27. The highest BCUT2D eigenvalue weighted by molar-refractivity contribution is 5.16. The molecule has 19 heavy (non-hydrogen) atoms. The number of piperazine rings is 1. The van der Waals surface area contributed by atoms with Gasteiger partial charge in [-0.25, -0.2) is 0 Å². The van der Waals surface area contributed by atoms with Gasteiger partial charge in [0.15, 0.2) is 0 Å². The van der Waals surface area contributed by atoms with Crippen molar-refractivity contribution in [1.82, 2.24) is 15.1 Å². The Bertz CT molecular complexity index is 348. The monoisotopic (exact) mass is 262 g/mol. The Kier molecular flexibility index (Phi) is 3.79. The van der Waals surface area contributed by atoms with Gasteiger partial charge in [0.2, 0.25) is 0 Å². The van der Waals surface area contributed by atoms with E-state index in [1.807, 2.05) is 0 Å². The molecule has 0 radical (unpaired) electrons. The second-order valence-electron chi connectivity index (χ2n) is 6.43. The van der Waals surface area contributed by atoms with E-state index < -0.39 is 0 Å². The van der Waals surface area contributed by atoms with Crippen molar-refractivity contribution in [3.8, 4) is 6.07 Å². The summed E-state index contributed by atoms with van der Waals surface area (Å²) in [6.07, 6.45) is 5.26. The molecular weight excluding hydrogens is 236 g/mol. The van der Waals surface area contributed by atoms with E-state index in [9.17, 15) is 5.26 Å². The summed E-state index contributed by atoms with van der Waals surface area (Å²) >= 11 is 0. The average molecular weight is 262 g/mol. The summed E-state index contributed by atoms with van der Waals surface area (Å²) in [5.74, 6) is 0.582. The summed E-state index contributed by atoms with van der Waals surface area (Å²) in [4.78, 5) is 5.14. The molecule has 3 rings (SSSR count). The van der Waals surface area contributed by atoms with Crippen LogP contribution in [-0.2, 0) is 0 Å². The Morgan fingerprint density at radius 2 is 1.84 bits per heavy atom. The lowest BCUT2D eigenvalue weighted by atomic mass is 9.93. The van der Waals surface area contributed by atoms with E-state index in [2.05, 4.69) is 28.1 Å². The van der Waals surface area contributed by atoms with E-state index in [1.165, 1.54) is 38.8 Å². The van der Waals surface area contributed by atoms with Crippen molar-refractivity contribution in [3.05, 3.63) is 0 Å². The van der Waals surface area contributed by atoms with E-state index >= 15 is 0 Å². The molecule has 1 N–H and O–H groups in total. The summed E-state index contributed by atoms with van der Waals surface area (Å²) in [5, 5.41) is 13.1. The highest BCUT2D eigenvalue weighted by Crippen LogP contribution is 2.40. The summed E-state index contributed by atoms with van der Waals surface area (Å²) in [6.45, 7) is 8.59. The molecule has 0 aromatic heterocycles. The molecule has 0 amide bonds. The minimum absolute atomic E-state index is 0.281. The lowest BCUT2D eigenvalue weighted by molar-refractivity contribution is 0.103. The molecule has 1 aliphatic heterocycles. The predicted octanol–water partition coefficient (Wildman–Crippen LogP) is 1.05. The van der Waals surface area contributed by atoms with Crippen molar-refractivity contribution >= 4 is 0 Å². The Morgan fingerprint density at radius 3 is 2.32 bits per heavy atom. The van der Waals surface area contributed by atoms with Crippen LogP contribution in [-0.4, -0.2) is 60.6 Å². The maximum Gasteiger partial charge on any atom is 0.122 e. The predicted molar refractivity (Wildman–Crippen MR) is 75.8 cm³/mol. The number of likely N-dealkylation sites (N-methyl/N-ethyl adjacent to an activating group) is 1. The number of nitriles is 1. The third-order valence-electron chi connectivity index (χ3n) is 4.91. The molecule has 3 aliphatic rings. The standard InChI is InChI=1S/C15H26N4/c1-2-17-15(11-16,13-3-4-13)12-18-7-9-19(10-8-18)14-5-6-14/h13-14,17H,2-10,12H2,1H3. The van der Waals surface area contributed by atoms with Crippen molar-refractivity contribution in [1.29, 1.82) is 5.26 Å². The zero-order valence-electron chi connectivity index (χ0n) is 12.1. The molecule has 1 atom stereocenters. The van der Waals surface area contributed by atoms with Gasteiger partial charge >= 0.3 is 0 Å². The van der Waals surface area contributed by atoms with Gasteiger partial charge in [-0.15, -0.1) is 0 Å². The van der Waals surface area contributed by atoms with E-state index in [-0.39, 0.29) is 5.54 Å². The van der Waals surface area contributed by atoms with Crippen LogP contribution >= 0.6 is 0 Å². The van der Waals surface area contributed by atoms with E-state index in [0.29, 0.717) is 5.92 Å². The van der Waals surface area contributed by atoms with Crippen LogP contribution in [0.4, 0.5) is 0 Å². The quantitative estimate of drug-likeness (QED) is 0.777. The molecule has 1 saturated heterocycles. The van der Waals surface area contributed by atoms with Gasteiger partial charge in [0.25, 0.3) is 0 Å². The third-order valence-corrected chi connectivity index (χ3v) is 4.91. The van der Waals surface area contributed by atoms with Gasteiger partial charge in [-0.3, -0.25) is 15.1 Å². The molecule has 4 heteroatoms. The van der Waals surface area contributed by atoms with Gasteiger partial charge in [0.1, 0.15) is 5.54 Å². The molecule has 1 heterocycles. The molecule has 2 saturated carbocycles. The second kappa shape index (κ2) is 5.40. The van der Waals surface area contributed by atoms with Crippen molar-refractivity contribution in [2.75, 3.05) is 39.3 Å². The highest BCUT2D eigenvalue weighted by atomic mass is 15.3. The number of hydrogen-bond donors (Lipinski definition) is 1. The topological polar surface area (TPSA) is 42.3 Å². The molecule has 0 aromatic carbocycles. The molecule has 106 valence electrons. The van der Waals surface area contributed by atoms with E-state index in [1.54, 1.807) is 0 Å². The Labute approximate surface area is 116 Å². The number of hydrogen-bond acceptors (Lipinski definition) is 4. The molecular formula is C15H26N4. The van der Waals surface area contributed by atoms with Crippen LogP contribution in [0.3, 0.4) is 0 Å². The van der Waals surface area contributed by atoms with Gasteiger partial charge in [0, 0.05) is 38.8 Å². The lowest BCUT2D eigenvalue weighted by Gasteiger charge is -2.39. The van der Waals surface area contributed by atoms with Crippen LogP contribution in [0.1, 0.15) is 32.6 Å². The SMILES string of the molecule is CCNC(C#N)(CN1CCN(C2CC2)CC1)C1CC1. The van der Waals surface area contributed by atoms with Crippen molar-refractivity contribution in [3.63, 3.8) is 0 Å². The molecule has 1 unspecified atom stereocenters. The summed E-state index contributed by atoms with van der Waals surface area (Å²) in [5.41, 5.74) is -0.281. The van der Waals surface area contributed by atoms with Crippen LogP contribution in [0.15, 0.2) is 0 Å². The zero-order valence-corrected chi connectivity index (χ0v) is 12.1. The average Bonchev–Trinajstić information content (AvgIpc) is 3.31. The minimum Gasteiger partial charge on any atom is -0.298 e. The van der Waals surface area contributed by atoms with Gasteiger partial charge in [-0.2, -0.15) is 5.26 Å².